The molecule has 2 aromatic rings. The lowest BCUT2D eigenvalue weighted by molar-refractivity contribution is -0.0797. The summed E-state index contributed by atoms with van der Waals surface area (Å²) in [6, 6.07) is 8.40. The Bertz CT molecular complexity index is 781. The number of amides is 1. The highest BCUT2D eigenvalue weighted by Gasteiger charge is 2.51. The van der Waals surface area contributed by atoms with Crippen molar-refractivity contribution in [2.24, 2.45) is 0 Å². The van der Waals surface area contributed by atoms with Gasteiger partial charge in [-0.05, 0) is 40.2 Å². The molecule has 146 valence electrons. The van der Waals surface area contributed by atoms with E-state index in [9.17, 15) is 9.18 Å². The van der Waals surface area contributed by atoms with Crippen LogP contribution >= 0.6 is 0 Å². The Morgan fingerprint density at radius 2 is 1.93 bits per heavy atom. The van der Waals surface area contributed by atoms with Gasteiger partial charge in [-0.1, -0.05) is 29.4 Å². The van der Waals surface area contributed by atoms with E-state index in [0.29, 0.717) is 5.76 Å². The fraction of sp³-hybridized carbons (Fsp3) is 0.500. The van der Waals surface area contributed by atoms with Crippen LogP contribution in [0.15, 0.2) is 41.1 Å². The predicted octanol–water partition coefficient (Wildman–Crippen LogP) is 4.72. The third-order valence-electron chi connectivity index (χ3n) is 4.39. The molecule has 1 aliphatic heterocycles. The van der Waals surface area contributed by atoms with Gasteiger partial charge in [0.15, 0.2) is 5.76 Å². The molecule has 1 fully saturated rings. The van der Waals surface area contributed by atoms with Crippen LogP contribution in [-0.2, 0) is 9.47 Å². The Hall–Kier alpha value is -2.41. The average molecular weight is 376 g/mol. The smallest absolute Gasteiger partial charge is 0.413 e. The first-order valence-corrected chi connectivity index (χ1v) is 8.89. The number of ether oxygens (including phenoxy) is 2. The van der Waals surface area contributed by atoms with Crippen molar-refractivity contribution in [3.63, 3.8) is 0 Å². The Morgan fingerprint density at radius 3 is 2.44 bits per heavy atom. The van der Waals surface area contributed by atoms with Crippen LogP contribution in [0.5, 0.6) is 0 Å². The summed E-state index contributed by atoms with van der Waals surface area (Å²) < 4.78 is 30.6. The van der Waals surface area contributed by atoms with Crippen LogP contribution in [0.4, 0.5) is 9.18 Å². The van der Waals surface area contributed by atoms with Crippen molar-refractivity contribution in [1.82, 2.24) is 10.1 Å². The van der Waals surface area contributed by atoms with Crippen LogP contribution in [-0.4, -0.2) is 40.2 Å². The van der Waals surface area contributed by atoms with Gasteiger partial charge in [0, 0.05) is 11.6 Å². The van der Waals surface area contributed by atoms with Gasteiger partial charge in [0.05, 0.1) is 12.2 Å². The third kappa shape index (κ3) is 3.98. The molecule has 27 heavy (non-hydrogen) atoms. The highest BCUT2D eigenvalue weighted by molar-refractivity contribution is 5.70. The summed E-state index contributed by atoms with van der Waals surface area (Å²) >= 11 is 0. The van der Waals surface area contributed by atoms with Crippen LogP contribution in [0, 0.1) is 0 Å². The zero-order chi connectivity index (χ0) is 19.8. The van der Waals surface area contributed by atoms with E-state index in [2.05, 4.69) is 5.16 Å². The summed E-state index contributed by atoms with van der Waals surface area (Å²) in [5.74, 6) is 0.645. The van der Waals surface area contributed by atoms with Crippen molar-refractivity contribution in [3.8, 4) is 11.3 Å². The summed E-state index contributed by atoms with van der Waals surface area (Å²) in [6.45, 7) is 8.07. The molecule has 0 saturated carbocycles. The van der Waals surface area contributed by atoms with E-state index in [1.54, 1.807) is 46.9 Å². The van der Waals surface area contributed by atoms with Gasteiger partial charge in [0.2, 0.25) is 0 Å². The van der Waals surface area contributed by atoms with E-state index in [1.807, 2.05) is 24.3 Å². The Morgan fingerprint density at radius 1 is 1.26 bits per heavy atom. The minimum Gasteiger partial charge on any atom is -0.444 e. The molecule has 1 amide bonds. The molecule has 0 bridgehead atoms. The minimum absolute atomic E-state index is 0.587. The molecule has 0 N–H and O–H groups in total. The first-order chi connectivity index (χ1) is 12.6. The summed E-state index contributed by atoms with van der Waals surface area (Å²) in [6.07, 6.45) is 0.390. The summed E-state index contributed by atoms with van der Waals surface area (Å²) in [5.41, 5.74) is -0.0348. The highest BCUT2D eigenvalue weighted by atomic mass is 19.1. The van der Waals surface area contributed by atoms with E-state index < -0.39 is 36.2 Å². The van der Waals surface area contributed by atoms with Crippen LogP contribution in [0.25, 0.3) is 11.3 Å². The molecule has 1 saturated heterocycles. The topological polar surface area (TPSA) is 64.8 Å². The number of aromatic nitrogens is 1. The average Bonchev–Trinajstić information content (AvgIpc) is 3.18. The number of halogens is 1. The fourth-order valence-electron chi connectivity index (χ4n) is 3.29. The van der Waals surface area contributed by atoms with Crippen molar-refractivity contribution in [1.29, 1.82) is 0 Å². The fourth-order valence-corrected chi connectivity index (χ4v) is 3.29. The van der Waals surface area contributed by atoms with Crippen LogP contribution in [0.2, 0.25) is 0 Å². The molecular weight excluding hydrogens is 351 g/mol. The van der Waals surface area contributed by atoms with E-state index in [4.69, 9.17) is 14.0 Å². The molecular formula is C20H25FN2O4. The number of alkyl halides is 1. The summed E-state index contributed by atoms with van der Waals surface area (Å²) in [4.78, 5) is 14.0. The van der Waals surface area contributed by atoms with Crippen LogP contribution in [0.3, 0.4) is 0 Å². The van der Waals surface area contributed by atoms with Crippen molar-refractivity contribution >= 4 is 6.09 Å². The molecule has 2 heterocycles. The lowest BCUT2D eigenvalue weighted by Gasteiger charge is -2.34. The zero-order valence-corrected chi connectivity index (χ0v) is 16.2. The van der Waals surface area contributed by atoms with Gasteiger partial charge in [-0.3, -0.25) is 4.90 Å². The predicted molar refractivity (Wildman–Crippen MR) is 97.7 cm³/mol. The quantitative estimate of drug-likeness (QED) is 0.775. The molecule has 0 spiro atoms. The van der Waals surface area contributed by atoms with Crippen molar-refractivity contribution in [2.45, 2.75) is 58.1 Å². The maximum atomic E-state index is 14.0. The Balaban J connectivity index is 1.87. The molecule has 1 aromatic carbocycles. The van der Waals surface area contributed by atoms with Gasteiger partial charge in [0.1, 0.15) is 24.1 Å². The first kappa shape index (κ1) is 19.4. The maximum absolute atomic E-state index is 14.0. The van der Waals surface area contributed by atoms with Gasteiger partial charge < -0.3 is 14.0 Å². The second kappa shape index (κ2) is 6.96. The van der Waals surface area contributed by atoms with Crippen molar-refractivity contribution in [2.75, 3.05) is 6.67 Å². The maximum Gasteiger partial charge on any atom is 0.413 e. The standard InChI is InChI=1S/C20H25FN2O4/c1-19(2,3)26-18(24)23-15(12-21)17(25-20(23,4)5)14-8-6-13(7-9-14)16-10-11-22-27-16/h6-11,15,17H,12H2,1-5H3. The van der Waals surface area contributed by atoms with E-state index in [-0.39, 0.29) is 0 Å². The normalized spacial score (nSPS) is 22.1. The molecule has 1 aliphatic rings. The largest absolute Gasteiger partial charge is 0.444 e. The van der Waals surface area contributed by atoms with Gasteiger partial charge in [0.25, 0.3) is 0 Å². The Kier molecular flexibility index (Phi) is 4.99. The molecule has 0 aliphatic carbocycles. The SMILES string of the molecule is CC(C)(C)OC(=O)N1C(CF)C(c2ccc(-c3ccno3)cc2)OC1(C)C. The van der Waals surface area contributed by atoms with E-state index in [0.717, 1.165) is 11.1 Å². The second-order valence-corrected chi connectivity index (χ2v) is 8.06. The molecule has 2 atom stereocenters. The molecule has 6 nitrogen and oxygen atoms in total. The number of nitrogens with zero attached hydrogens (tertiary/aromatic N) is 2. The molecule has 3 rings (SSSR count). The minimum atomic E-state index is -0.993. The van der Waals surface area contributed by atoms with Gasteiger partial charge >= 0.3 is 6.09 Å². The summed E-state index contributed by atoms with van der Waals surface area (Å²) in [5, 5.41) is 3.69. The monoisotopic (exact) mass is 376 g/mol. The number of benzene rings is 1. The molecule has 0 radical (unpaired) electrons. The van der Waals surface area contributed by atoms with Gasteiger partial charge in [-0.2, -0.15) is 0 Å². The van der Waals surface area contributed by atoms with Crippen LogP contribution < -0.4 is 0 Å². The molecule has 7 heteroatoms. The molecule has 2 unspecified atom stereocenters. The lowest BCUT2D eigenvalue weighted by atomic mass is 10.0. The number of hydrogen-bond donors (Lipinski definition) is 0. The number of carbonyl (C=O) groups is 1. The number of rotatable bonds is 3. The van der Waals surface area contributed by atoms with Gasteiger partial charge in [-0.25, -0.2) is 9.18 Å². The zero-order valence-electron chi connectivity index (χ0n) is 16.2. The van der Waals surface area contributed by atoms with Crippen molar-refractivity contribution < 1.29 is 23.2 Å². The molecule has 1 aromatic heterocycles. The number of hydrogen-bond acceptors (Lipinski definition) is 5. The number of carbonyl (C=O) groups excluding carboxylic acids is 1. The van der Waals surface area contributed by atoms with Crippen LogP contribution in [0.1, 0.15) is 46.3 Å². The first-order valence-electron chi connectivity index (χ1n) is 8.89. The van der Waals surface area contributed by atoms with E-state index in [1.165, 1.54) is 4.90 Å². The second-order valence-electron chi connectivity index (χ2n) is 8.06. The van der Waals surface area contributed by atoms with Gasteiger partial charge in [-0.15, -0.1) is 0 Å². The third-order valence-corrected chi connectivity index (χ3v) is 4.39. The highest BCUT2D eigenvalue weighted by Crippen LogP contribution is 2.42. The lowest BCUT2D eigenvalue weighted by Crippen LogP contribution is -2.50. The summed E-state index contributed by atoms with van der Waals surface area (Å²) in [7, 11) is 0. The van der Waals surface area contributed by atoms with E-state index >= 15 is 0 Å². The van der Waals surface area contributed by atoms with Crippen molar-refractivity contribution in [3.05, 3.63) is 42.1 Å². The Labute approximate surface area is 158 Å².